The highest BCUT2D eigenvalue weighted by Crippen LogP contribution is 2.14. The van der Waals surface area contributed by atoms with Crippen molar-refractivity contribution in [2.45, 2.75) is 6.29 Å². The zero-order valence-electron chi connectivity index (χ0n) is 11.0. The Morgan fingerprint density at radius 3 is 2.67 bits per heavy atom. The standard InChI is InChI=1S/C14H13N6O/c15-12-11-13(19-14(16)18-12)20(21)10(8-17-11)7-6-9-4-2-1-3-5-9/h1-8,14H,16H2,(H2,15,18)/q+1/b7-6+. The first-order valence-electron chi connectivity index (χ1n) is 6.31. The first kappa shape index (κ1) is 13.1. The molecule has 0 radical (unpaired) electrons. The number of nitrogens with zero attached hydrogens (tertiary/aromatic N) is 4. The number of benzene rings is 1. The van der Waals surface area contributed by atoms with E-state index in [1.54, 1.807) is 6.08 Å². The van der Waals surface area contributed by atoms with Gasteiger partial charge < -0.3 is 5.73 Å². The van der Waals surface area contributed by atoms with Crippen LogP contribution in [0.3, 0.4) is 0 Å². The third-order valence-corrected chi connectivity index (χ3v) is 2.98. The lowest BCUT2D eigenvalue weighted by Gasteiger charge is -2.11. The van der Waals surface area contributed by atoms with Gasteiger partial charge in [-0.15, -0.1) is 0 Å². The number of amidine groups is 2. The maximum absolute atomic E-state index is 12.3. The van der Waals surface area contributed by atoms with Crippen LogP contribution in [0.4, 0.5) is 0 Å². The Labute approximate surface area is 120 Å². The van der Waals surface area contributed by atoms with Crippen LogP contribution in [0.15, 0.2) is 63.3 Å². The van der Waals surface area contributed by atoms with Crippen LogP contribution >= 0.6 is 0 Å². The van der Waals surface area contributed by atoms with Gasteiger partial charge >= 0.3 is 5.84 Å². The molecule has 1 unspecified atom stereocenters. The summed E-state index contributed by atoms with van der Waals surface area (Å²) in [5.74, 6) is 0.209. The molecule has 2 heterocycles. The van der Waals surface area contributed by atoms with E-state index in [1.807, 2.05) is 36.4 Å². The fraction of sp³-hybridized carbons (Fsp3) is 0.0714. The van der Waals surface area contributed by atoms with Gasteiger partial charge in [0, 0.05) is 4.76 Å². The fourth-order valence-corrected chi connectivity index (χ4v) is 1.97. The van der Waals surface area contributed by atoms with Crippen LogP contribution in [-0.2, 0) is 0 Å². The molecule has 104 valence electrons. The molecule has 0 aliphatic carbocycles. The number of allylic oxidation sites excluding steroid dienone is 1. The number of aliphatic imine (C=N–C) groups is 3. The highest BCUT2D eigenvalue weighted by molar-refractivity contribution is 6.66. The van der Waals surface area contributed by atoms with Gasteiger partial charge in [0.05, 0.1) is 6.20 Å². The van der Waals surface area contributed by atoms with E-state index in [2.05, 4.69) is 15.0 Å². The average molecular weight is 281 g/mol. The van der Waals surface area contributed by atoms with Crippen molar-refractivity contribution in [3.8, 4) is 0 Å². The highest BCUT2D eigenvalue weighted by Gasteiger charge is 2.37. The summed E-state index contributed by atoms with van der Waals surface area (Å²) in [5, 5.41) is 0. The van der Waals surface area contributed by atoms with E-state index in [1.165, 1.54) is 6.20 Å². The second-order valence-electron chi connectivity index (χ2n) is 4.45. The monoisotopic (exact) mass is 281 g/mol. The number of fused-ring (bicyclic) bond motifs is 1. The van der Waals surface area contributed by atoms with E-state index in [4.69, 9.17) is 11.5 Å². The fourth-order valence-electron chi connectivity index (χ4n) is 1.97. The van der Waals surface area contributed by atoms with Crippen molar-refractivity contribution < 1.29 is 4.76 Å². The zero-order chi connectivity index (χ0) is 14.8. The number of nitrogens with two attached hydrogens (primary N) is 2. The largest absolute Gasteiger partial charge is 0.395 e. The molecular weight excluding hydrogens is 268 g/mol. The summed E-state index contributed by atoms with van der Waals surface area (Å²) >= 11 is 0. The number of hydrogen-bond acceptors (Lipinski definition) is 6. The van der Waals surface area contributed by atoms with Gasteiger partial charge in [0.25, 0.3) is 6.29 Å². The zero-order valence-corrected chi connectivity index (χ0v) is 11.0. The predicted molar refractivity (Wildman–Crippen MR) is 81.7 cm³/mol. The van der Waals surface area contributed by atoms with Crippen LogP contribution in [-0.4, -0.2) is 28.4 Å². The van der Waals surface area contributed by atoms with E-state index in [-0.39, 0.29) is 17.4 Å². The quantitative estimate of drug-likeness (QED) is 0.782. The Balaban J connectivity index is 1.92. The SMILES string of the molecule is NC1=NC(N)N=C2C1=NC=C(/C=C/c1ccccc1)[N+]2=O. The van der Waals surface area contributed by atoms with Crippen LogP contribution in [0.5, 0.6) is 0 Å². The minimum absolute atomic E-state index is 0.0882. The molecule has 21 heavy (non-hydrogen) atoms. The number of rotatable bonds is 2. The predicted octanol–water partition coefficient (Wildman–Crippen LogP) is 0.786. The van der Waals surface area contributed by atoms with Gasteiger partial charge in [0.15, 0.2) is 11.5 Å². The van der Waals surface area contributed by atoms with Crippen LogP contribution in [0.2, 0.25) is 0 Å². The second-order valence-corrected chi connectivity index (χ2v) is 4.45. The molecule has 3 rings (SSSR count). The van der Waals surface area contributed by atoms with E-state index >= 15 is 0 Å². The molecule has 2 aliphatic heterocycles. The van der Waals surface area contributed by atoms with E-state index in [0.717, 1.165) is 5.56 Å². The average Bonchev–Trinajstić information content (AvgIpc) is 2.48. The smallest absolute Gasteiger partial charge is 0.382 e. The Bertz CT molecular complexity index is 742. The van der Waals surface area contributed by atoms with Gasteiger partial charge in [0.1, 0.15) is 0 Å². The van der Waals surface area contributed by atoms with Gasteiger partial charge in [-0.25, -0.2) is 9.98 Å². The van der Waals surface area contributed by atoms with Crippen LogP contribution in [0.25, 0.3) is 6.08 Å². The van der Waals surface area contributed by atoms with E-state index in [9.17, 15) is 4.91 Å². The normalized spacial score (nSPS) is 21.4. The Kier molecular flexibility index (Phi) is 3.25. The summed E-state index contributed by atoms with van der Waals surface area (Å²) in [7, 11) is 0. The van der Waals surface area contributed by atoms with Gasteiger partial charge in [-0.1, -0.05) is 41.3 Å². The summed E-state index contributed by atoms with van der Waals surface area (Å²) < 4.78 is 0.656. The van der Waals surface area contributed by atoms with E-state index < -0.39 is 6.29 Å². The lowest BCUT2D eigenvalue weighted by Crippen LogP contribution is -2.44. The third kappa shape index (κ3) is 2.54. The lowest BCUT2D eigenvalue weighted by atomic mass is 10.2. The first-order chi connectivity index (χ1) is 10.1. The van der Waals surface area contributed by atoms with Crippen LogP contribution in [0.1, 0.15) is 5.56 Å². The topological polar surface area (TPSA) is 109 Å². The second kappa shape index (κ2) is 5.22. The molecule has 0 spiro atoms. The minimum Gasteiger partial charge on any atom is -0.382 e. The van der Waals surface area contributed by atoms with Crippen LogP contribution < -0.4 is 11.5 Å². The molecule has 2 aliphatic rings. The summed E-state index contributed by atoms with van der Waals surface area (Å²) in [6, 6.07) is 9.63. The summed E-state index contributed by atoms with van der Waals surface area (Å²) in [6.45, 7) is 0. The van der Waals surface area contributed by atoms with Crippen molar-refractivity contribution in [2.75, 3.05) is 0 Å². The lowest BCUT2D eigenvalue weighted by molar-refractivity contribution is -0.364. The van der Waals surface area contributed by atoms with Crippen LogP contribution in [0, 0.1) is 4.91 Å². The molecule has 0 amide bonds. The number of nitroso groups, excluding NO2 is 1. The molecule has 1 aromatic rings. The molecule has 0 aromatic heterocycles. The molecule has 0 bridgehead atoms. The Morgan fingerprint density at radius 1 is 1.14 bits per heavy atom. The molecule has 4 N–H and O–H groups in total. The summed E-state index contributed by atoms with van der Waals surface area (Å²) in [6.07, 6.45) is 4.05. The molecule has 0 fully saturated rings. The molecule has 7 nitrogen and oxygen atoms in total. The highest BCUT2D eigenvalue weighted by atomic mass is 16.3. The van der Waals surface area contributed by atoms with Crippen molar-refractivity contribution in [1.82, 2.24) is 0 Å². The summed E-state index contributed by atoms with van der Waals surface area (Å²) in [5.41, 5.74) is 12.9. The van der Waals surface area contributed by atoms with Gasteiger partial charge in [-0.3, -0.25) is 5.73 Å². The van der Waals surface area contributed by atoms with Crippen molar-refractivity contribution >= 4 is 23.5 Å². The van der Waals surface area contributed by atoms with E-state index in [0.29, 0.717) is 10.5 Å². The molecule has 0 saturated carbocycles. The first-order valence-corrected chi connectivity index (χ1v) is 6.31. The molecule has 1 aromatic carbocycles. The maximum Gasteiger partial charge on any atom is 0.395 e. The van der Waals surface area contributed by atoms with Crippen molar-refractivity contribution in [3.63, 3.8) is 0 Å². The minimum atomic E-state index is -0.868. The molecule has 7 heteroatoms. The van der Waals surface area contributed by atoms with Gasteiger partial charge in [-0.05, 0) is 16.6 Å². The molecule has 1 atom stereocenters. The van der Waals surface area contributed by atoms with Gasteiger partial charge in [-0.2, -0.15) is 0 Å². The van der Waals surface area contributed by atoms with Crippen molar-refractivity contribution in [2.24, 2.45) is 26.4 Å². The van der Waals surface area contributed by atoms with Gasteiger partial charge in [0.2, 0.25) is 5.71 Å². The number of hydrogen-bond donors (Lipinski definition) is 2. The third-order valence-electron chi connectivity index (χ3n) is 2.98. The maximum atomic E-state index is 12.3. The Hall–Kier alpha value is -2.93. The summed E-state index contributed by atoms with van der Waals surface area (Å²) in [4.78, 5) is 24.3. The Morgan fingerprint density at radius 2 is 1.90 bits per heavy atom. The van der Waals surface area contributed by atoms with Crippen molar-refractivity contribution in [1.29, 1.82) is 0 Å². The molecular formula is C14H13N6O+. The van der Waals surface area contributed by atoms with Crippen molar-refractivity contribution in [3.05, 3.63) is 58.8 Å². The molecule has 0 saturated heterocycles.